The minimum atomic E-state index is -0.883. The Hall–Kier alpha value is -2.89. The lowest BCUT2D eigenvalue weighted by Crippen LogP contribution is -2.50. The minimum absolute atomic E-state index is 0.0707. The molecule has 29 heavy (non-hydrogen) atoms. The summed E-state index contributed by atoms with van der Waals surface area (Å²) in [5.41, 5.74) is 0.141. The van der Waals surface area contributed by atoms with E-state index in [1.165, 1.54) is 6.08 Å². The number of amidine groups is 1. The van der Waals surface area contributed by atoms with Crippen LogP contribution in [0.2, 0.25) is 0 Å². The number of rotatable bonds is 2. The largest absolute Gasteiger partial charge is 0.618 e. The highest BCUT2D eigenvalue weighted by Crippen LogP contribution is 2.36. The van der Waals surface area contributed by atoms with Crippen LogP contribution < -0.4 is 0 Å². The van der Waals surface area contributed by atoms with Crippen LogP contribution in [0.1, 0.15) is 59.6 Å². The maximum atomic E-state index is 12.8. The first-order valence-corrected chi connectivity index (χ1v) is 9.64. The molecule has 1 aromatic rings. The van der Waals surface area contributed by atoms with Gasteiger partial charge in [0.1, 0.15) is 10.3 Å². The number of nitrogens with zero attached hydrogens (tertiary/aromatic N) is 2. The Labute approximate surface area is 170 Å². The summed E-state index contributed by atoms with van der Waals surface area (Å²) in [6.07, 6.45) is 3.08. The molecule has 152 valence electrons. The highest BCUT2D eigenvalue weighted by molar-refractivity contribution is 6.50. The van der Waals surface area contributed by atoms with Crippen LogP contribution in [0, 0.1) is 15.5 Å². The second-order valence-corrected chi connectivity index (χ2v) is 9.71. The standard InChI is InChI=1S/C23H27N2O4/c1-21(2,3)17-12-16(13-18(26)19(17)27)14-8-10-15(11-9-14)20-24(28)22(4,5)23(6,7)25(20)29/h8-13H,1-7H3/q+1. The average Bonchev–Trinajstić information content (AvgIpc) is 2.74. The monoisotopic (exact) mass is 395 g/mol. The third-order valence-electron chi connectivity index (χ3n) is 6.24. The van der Waals surface area contributed by atoms with Gasteiger partial charge >= 0.3 is 5.84 Å². The van der Waals surface area contributed by atoms with Crippen LogP contribution in [0.4, 0.5) is 0 Å². The second-order valence-electron chi connectivity index (χ2n) is 9.71. The number of allylic oxidation sites excluding steroid dienone is 4. The summed E-state index contributed by atoms with van der Waals surface area (Å²) in [5, 5.41) is 12.8. The number of ketones is 2. The van der Waals surface area contributed by atoms with E-state index in [9.17, 15) is 19.7 Å². The van der Waals surface area contributed by atoms with Crippen molar-refractivity contribution in [3.8, 4) is 0 Å². The Morgan fingerprint density at radius 2 is 1.38 bits per heavy atom. The number of hydrogen-bond donors (Lipinski definition) is 0. The molecule has 0 aromatic heterocycles. The number of nitroso groups, excluding NO2 is 1. The van der Waals surface area contributed by atoms with Gasteiger partial charge in [-0.05, 0) is 40.8 Å². The molecule has 3 rings (SSSR count). The van der Waals surface area contributed by atoms with Crippen molar-refractivity contribution in [3.63, 3.8) is 0 Å². The van der Waals surface area contributed by atoms with Crippen LogP contribution in [-0.2, 0) is 9.59 Å². The van der Waals surface area contributed by atoms with E-state index in [1.54, 1.807) is 58.0 Å². The molecule has 0 spiro atoms. The van der Waals surface area contributed by atoms with Crippen LogP contribution in [-0.4, -0.2) is 38.0 Å². The molecule has 1 aliphatic carbocycles. The van der Waals surface area contributed by atoms with Crippen molar-refractivity contribution >= 4 is 23.0 Å². The van der Waals surface area contributed by atoms with Gasteiger partial charge in [0, 0.05) is 38.2 Å². The van der Waals surface area contributed by atoms with E-state index < -0.39 is 28.1 Å². The molecule has 0 saturated carbocycles. The molecular weight excluding hydrogens is 368 g/mol. The maximum absolute atomic E-state index is 12.8. The molecule has 2 aliphatic rings. The van der Waals surface area contributed by atoms with E-state index in [2.05, 4.69) is 0 Å². The zero-order chi connectivity index (χ0) is 21.9. The van der Waals surface area contributed by atoms with Gasteiger partial charge < -0.3 is 5.21 Å². The maximum Gasteiger partial charge on any atom is 0.504 e. The van der Waals surface area contributed by atoms with Crippen LogP contribution in [0.15, 0.2) is 42.0 Å². The summed E-state index contributed by atoms with van der Waals surface area (Å²) in [6, 6.07) is 6.91. The highest BCUT2D eigenvalue weighted by Gasteiger charge is 2.68. The molecule has 0 atom stereocenters. The number of benzene rings is 1. The molecule has 0 unspecified atom stereocenters. The molecule has 0 bridgehead atoms. The van der Waals surface area contributed by atoms with Gasteiger partial charge in [0.25, 0.3) is 5.54 Å². The number of carbonyl (C=O) groups excluding carboxylic acids is 2. The number of hydrogen-bond acceptors (Lipinski definition) is 4. The third-order valence-corrected chi connectivity index (χ3v) is 6.24. The van der Waals surface area contributed by atoms with Crippen molar-refractivity contribution in [2.45, 2.75) is 59.5 Å². The van der Waals surface area contributed by atoms with E-state index >= 15 is 0 Å². The molecule has 0 amide bonds. The van der Waals surface area contributed by atoms with Gasteiger partial charge in [-0.2, -0.15) is 0 Å². The minimum Gasteiger partial charge on any atom is -0.618 e. The summed E-state index contributed by atoms with van der Waals surface area (Å²) in [6.45, 7) is 12.7. The van der Waals surface area contributed by atoms with Gasteiger partial charge in [-0.15, -0.1) is 4.74 Å². The van der Waals surface area contributed by atoms with Gasteiger partial charge in [-0.25, -0.2) is 0 Å². The van der Waals surface area contributed by atoms with E-state index in [0.29, 0.717) is 16.7 Å². The first-order chi connectivity index (χ1) is 13.2. The molecule has 0 radical (unpaired) electrons. The van der Waals surface area contributed by atoms with Crippen molar-refractivity contribution in [2.24, 2.45) is 5.41 Å². The lowest BCUT2D eigenvalue weighted by atomic mass is 9.78. The van der Waals surface area contributed by atoms with Crippen LogP contribution in [0.5, 0.6) is 0 Å². The van der Waals surface area contributed by atoms with E-state index in [4.69, 9.17) is 0 Å². The Balaban J connectivity index is 2.02. The molecule has 6 heteroatoms. The average molecular weight is 395 g/mol. The molecule has 0 fully saturated rings. The molecule has 1 heterocycles. The Bertz CT molecular complexity index is 1030. The zero-order valence-electron chi connectivity index (χ0n) is 18.0. The second kappa shape index (κ2) is 6.31. The molecular formula is C23H27N2O4+. The summed E-state index contributed by atoms with van der Waals surface area (Å²) < 4.78 is 1.55. The summed E-state index contributed by atoms with van der Waals surface area (Å²) in [7, 11) is 0. The van der Waals surface area contributed by atoms with E-state index in [0.717, 1.165) is 15.1 Å². The number of hydroxylamine groups is 1. The van der Waals surface area contributed by atoms with Crippen molar-refractivity contribution in [2.75, 3.05) is 0 Å². The number of carbonyl (C=O) groups is 2. The first kappa shape index (κ1) is 20.8. The summed E-state index contributed by atoms with van der Waals surface area (Å²) in [4.78, 5) is 37.2. The third kappa shape index (κ3) is 3.07. The van der Waals surface area contributed by atoms with Crippen molar-refractivity contribution < 1.29 is 19.1 Å². The lowest BCUT2D eigenvalue weighted by molar-refractivity contribution is -0.555. The first-order valence-electron chi connectivity index (χ1n) is 9.64. The molecule has 1 aromatic carbocycles. The van der Waals surface area contributed by atoms with E-state index in [1.807, 2.05) is 20.8 Å². The molecule has 0 N–H and O–H groups in total. The Morgan fingerprint density at radius 1 is 0.862 bits per heavy atom. The predicted octanol–water partition coefficient (Wildman–Crippen LogP) is 3.80. The lowest BCUT2D eigenvalue weighted by Gasteiger charge is -2.24. The quantitative estimate of drug-likeness (QED) is 0.330. The van der Waals surface area contributed by atoms with Crippen molar-refractivity contribution in [1.82, 2.24) is 0 Å². The summed E-state index contributed by atoms with van der Waals surface area (Å²) in [5.74, 6) is -0.948. The van der Waals surface area contributed by atoms with Gasteiger partial charge in [-0.3, -0.25) is 9.59 Å². The van der Waals surface area contributed by atoms with Gasteiger partial charge in [0.05, 0.1) is 0 Å². The number of Topliss-reactive ketones (excluding diaryl/α,β-unsaturated/α-hetero) is 1. The van der Waals surface area contributed by atoms with E-state index in [-0.39, 0.29) is 5.84 Å². The van der Waals surface area contributed by atoms with Gasteiger partial charge in [0.15, 0.2) is 0 Å². The van der Waals surface area contributed by atoms with Crippen molar-refractivity contribution in [1.29, 1.82) is 0 Å². The van der Waals surface area contributed by atoms with Gasteiger partial charge in [-0.1, -0.05) is 32.9 Å². The fourth-order valence-corrected chi connectivity index (χ4v) is 3.48. The van der Waals surface area contributed by atoms with Gasteiger partial charge in [0.2, 0.25) is 17.1 Å². The fraction of sp³-hybridized carbons (Fsp3) is 0.435. The fourth-order valence-electron chi connectivity index (χ4n) is 3.48. The van der Waals surface area contributed by atoms with Crippen LogP contribution in [0.3, 0.4) is 0 Å². The smallest absolute Gasteiger partial charge is 0.504 e. The zero-order valence-corrected chi connectivity index (χ0v) is 18.0. The topological polar surface area (TPSA) is 80.3 Å². The van der Waals surface area contributed by atoms with Crippen LogP contribution >= 0.6 is 0 Å². The normalized spacial score (nSPS) is 21.4. The van der Waals surface area contributed by atoms with Crippen LogP contribution in [0.25, 0.3) is 5.57 Å². The Kier molecular flexibility index (Phi) is 4.53. The Morgan fingerprint density at radius 3 is 1.83 bits per heavy atom. The van der Waals surface area contributed by atoms with Crippen molar-refractivity contribution in [3.05, 3.63) is 63.2 Å². The molecule has 6 nitrogen and oxygen atoms in total. The molecule has 1 aliphatic heterocycles. The highest BCUT2D eigenvalue weighted by atomic mass is 16.5. The molecule has 0 saturated heterocycles. The summed E-state index contributed by atoms with van der Waals surface area (Å²) >= 11 is 0. The predicted molar refractivity (Wildman–Crippen MR) is 111 cm³/mol. The SMILES string of the molecule is CC(C)(C)C1=CC(c2ccc(C3=[N+]([O-])C(C)(C)C(C)(C)[N+]3=O)cc2)=CC(=O)C1=O.